The van der Waals surface area contributed by atoms with Gasteiger partial charge in [0.05, 0.1) is 15.9 Å². The topological polar surface area (TPSA) is 157 Å². The van der Waals surface area contributed by atoms with E-state index in [9.17, 15) is 28.6 Å². The molecule has 0 aliphatic rings. The Morgan fingerprint density at radius 3 is 2.33 bits per heavy atom. The molecule has 0 aliphatic carbocycles. The molecule has 0 bridgehead atoms. The van der Waals surface area contributed by atoms with Gasteiger partial charge in [0.1, 0.15) is 15.7 Å². The SMILES string of the molecule is O=[N+]([O-])c1ccc(NNS(=O)(=O)c2ccc(Cl)nc2)c([N+](=O)[O-])c1. The third kappa shape index (κ3) is 3.92. The summed E-state index contributed by atoms with van der Waals surface area (Å²) in [6.45, 7) is 0. The summed E-state index contributed by atoms with van der Waals surface area (Å²) in [7, 11) is -4.08. The van der Waals surface area contributed by atoms with E-state index in [-0.39, 0.29) is 15.7 Å². The van der Waals surface area contributed by atoms with Gasteiger partial charge in [-0.25, -0.2) is 13.4 Å². The average molecular weight is 374 g/mol. The number of nitro benzene ring substituents is 2. The van der Waals surface area contributed by atoms with Gasteiger partial charge >= 0.3 is 5.69 Å². The van der Waals surface area contributed by atoms with Crippen LogP contribution in [0.1, 0.15) is 0 Å². The summed E-state index contributed by atoms with van der Waals surface area (Å²) in [4.78, 5) is 25.2. The molecule has 2 N–H and O–H groups in total. The van der Waals surface area contributed by atoms with Gasteiger partial charge < -0.3 is 5.43 Å². The first-order valence-electron chi connectivity index (χ1n) is 6.03. The number of sulfonamides is 1. The third-order valence-electron chi connectivity index (χ3n) is 2.72. The number of non-ortho nitro benzene ring substituents is 1. The second-order valence-corrected chi connectivity index (χ2v) is 6.33. The van der Waals surface area contributed by atoms with E-state index in [2.05, 4.69) is 10.4 Å². The minimum Gasteiger partial charge on any atom is -0.302 e. The van der Waals surface area contributed by atoms with Crippen LogP contribution in [0.15, 0.2) is 41.4 Å². The van der Waals surface area contributed by atoms with Gasteiger partial charge in [-0.05, 0) is 18.2 Å². The zero-order valence-corrected chi connectivity index (χ0v) is 13.1. The van der Waals surface area contributed by atoms with Gasteiger partial charge in [-0.2, -0.15) is 0 Å². The van der Waals surface area contributed by atoms with Crippen molar-refractivity contribution in [2.24, 2.45) is 0 Å². The number of rotatable bonds is 6. The van der Waals surface area contributed by atoms with E-state index in [4.69, 9.17) is 11.6 Å². The Morgan fingerprint density at radius 1 is 1.08 bits per heavy atom. The van der Waals surface area contributed by atoms with E-state index in [0.29, 0.717) is 6.07 Å². The molecule has 0 saturated heterocycles. The first-order chi connectivity index (χ1) is 11.2. The number of hydrogen-bond donors (Lipinski definition) is 2. The maximum absolute atomic E-state index is 12.0. The molecule has 0 saturated carbocycles. The largest absolute Gasteiger partial charge is 0.302 e. The van der Waals surface area contributed by atoms with Crippen molar-refractivity contribution in [3.63, 3.8) is 0 Å². The Kier molecular flexibility index (Phi) is 4.92. The van der Waals surface area contributed by atoms with E-state index in [0.717, 1.165) is 18.3 Å². The van der Waals surface area contributed by atoms with Crippen LogP contribution in [-0.4, -0.2) is 23.2 Å². The maximum atomic E-state index is 12.0. The Hall–Kier alpha value is -2.83. The van der Waals surface area contributed by atoms with Crippen molar-refractivity contribution in [2.45, 2.75) is 4.90 Å². The fourth-order valence-electron chi connectivity index (χ4n) is 1.59. The Labute approximate surface area is 139 Å². The van der Waals surface area contributed by atoms with Gasteiger partial charge in [0.2, 0.25) is 0 Å². The van der Waals surface area contributed by atoms with Crippen LogP contribution in [-0.2, 0) is 10.0 Å². The predicted molar refractivity (Wildman–Crippen MR) is 82.9 cm³/mol. The molecule has 126 valence electrons. The molecule has 13 heteroatoms. The standard InChI is InChI=1S/C11H8ClN5O6S/c12-11-4-2-8(6-13-11)24(22,23)15-14-9-3-1-7(16(18)19)5-10(9)17(20)21/h1-6,14-15H. The number of aromatic nitrogens is 1. The van der Waals surface area contributed by atoms with Crippen molar-refractivity contribution in [2.75, 3.05) is 5.43 Å². The molecule has 1 aromatic heterocycles. The van der Waals surface area contributed by atoms with E-state index in [1.165, 1.54) is 12.1 Å². The summed E-state index contributed by atoms with van der Waals surface area (Å²) in [5.41, 5.74) is 0.715. The summed E-state index contributed by atoms with van der Waals surface area (Å²) in [5.74, 6) is 0. The second-order valence-electron chi connectivity index (χ2n) is 4.26. The molecular formula is C11H8ClN5O6S. The van der Waals surface area contributed by atoms with Crippen molar-refractivity contribution < 1.29 is 18.3 Å². The molecule has 0 fully saturated rings. The van der Waals surface area contributed by atoms with Crippen LogP contribution < -0.4 is 10.3 Å². The number of nitro groups is 2. The van der Waals surface area contributed by atoms with Crippen molar-refractivity contribution >= 4 is 38.7 Å². The van der Waals surface area contributed by atoms with Crippen molar-refractivity contribution in [3.8, 4) is 0 Å². The molecule has 0 atom stereocenters. The number of hydrazine groups is 1. The van der Waals surface area contributed by atoms with Gasteiger partial charge in [-0.3, -0.25) is 20.2 Å². The molecule has 0 unspecified atom stereocenters. The highest BCUT2D eigenvalue weighted by atomic mass is 35.5. The first kappa shape index (κ1) is 17.5. The molecule has 1 aromatic carbocycles. The van der Waals surface area contributed by atoms with Gasteiger partial charge in [-0.15, -0.1) is 4.83 Å². The fraction of sp³-hybridized carbons (Fsp3) is 0. The molecular weight excluding hydrogens is 366 g/mol. The molecule has 24 heavy (non-hydrogen) atoms. The highest BCUT2D eigenvalue weighted by Gasteiger charge is 2.21. The minimum absolute atomic E-state index is 0.0907. The van der Waals surface area contributed by atoms with E-state index in [1.54, 1.807) is 0 Å². The van der Waals surface area contributed by atoms with Gasteiger partial charge in [0.25, 0.3) is 15.7 Å². The smallest absolute Gasteiger partial charge is 0.300 e. The lowest BCUT2D eigenvalue weighted by molar-refractivity contribution is -0.393. The summed E-state index contributed by atoms with van der Waals surface area (Å²) < 4.78 is 24.1. The minimum atomic E-state index is -4.08. The van der Waals surface area contributed by atoms with Gasteiger partial charge in [0, 0.05) is 12.3 Å². The van der Waals surface area contributed by atoms with Crippen LogP contribution in [0.5, 0.6) is 0 Å². The number of hydrogen-bond acceptors (Lipinski definition) is 8. The molecule has 11 nitrogen and oxygen atoms in total. The second kappa shape index (κ2) is 6.74. The Bertz CT molecular complexity index is 902. The highest BCUT2D eigenvalue weighted by molar-refractivity contribution is 7.89. The predicted octanol–water partition coefficient (Wildman–Crippen LogP) is 1.86. The zero-order valence-electron chi connectivity index (χ0n) is 11.5. The summed E-state index contributed by atoms with van der Waals surface area (Å²) in [6.07, 6.45) is 0.997. The van der Waals surface area contributed by atoms with Crippen molar-refractivity contribution in [3.05, 3.63) is 61.9 Å². The monoisotopic (exact) mass is 373 g/mol. The lowest BCUT2D eigenvalue weighted by Crippen LogP contribution is -2.30. The number of nitrogens with zero attached hydrogens (tertiary/aromatic N) is 3. The molecule has 0 aliphatic heterocycles. The first-order valence-corrected chi connectivity index (χ1v) is 7.89. The molecule has 2 aromatic rings. The van der Waals surface area contributed by atoms with Crippen molar-refractivity contribution in [1.82, 2.24) is 9.82 Å². The lowest BCUT2D eigenvalue weighted by Gasteiger charge is -2.09. The molecule has 0 radical (unpaired) electrons. The van der Waals surface area contributed by atoms with Crippen LogP contribution in [0.3, 0.4) is 0 Å². The maximum Gasteiger partial charge on any atom is 0.300 e. The van der Waals surface area contributed by atoms with Crippen LogP contribution >= 0.6 is 11.6 Å². The van der Waals surface area contributed by atoms with E-state index in [1.807, 2.05) is 4.83 Å². The summed E-state index contributed by atoms with van der Waals surface area (Å²) in [6, 6.07) is 5.15. The fourth-order valence-corrected chi connectivity index (χ4v) is 2.51. The average Bonchev–Trinajstić information content (AvgIpc) is 2.53. The zero-order chi connectivity index (χ0) is 17.9. The van der Waals surface area contributed by atoms with E-state index >= 15 is 0 Å². The normalized spacial score (nSPS) is 11.0. The van der Waals surface area contributed by atoms with Crippen molar-refractivity contribution in [1.29, 1.82) is 0 Å². The lowest BCUT2D eigenvalue weighted by atomic mass is 10.2. The third-order valence-corrected chi connectivity index (χ3v) is 4.18. The van der Waals surface area contributed by atoms with Crippen LogP contribution in [0, 0.1) is 20.2 Å². The highest BCUT2D eigenvalue weighted by Crippen LogP contribution is 2.28. The van der Waals surface area contributed by atoms with Crippen LogP contribution in [0.4, 0.5) is 17.1 Å². The van der Waals surface area contributed by atoms with Crippen LogP contribution in [0.25, 0.3) is 0 Å². The molecule has 0 spiro atoms. The molecule has 0 amide bonds. The van der Waals surface area contributed by atoms with E-state index < -0.39 is 31.2 Å². The Balaban J connectivity index is 2.26. The quantitative estimate of drug-likeness (QED) is 0.441. The molecule has 2 rings (SSSR count). The Morgan fingerprint density at radius 2 is 1.79 bits per heavy atom. The summed E-state index contributed by atoms with van der Waals surface area (Å²) in [5, 5.41) is 21.7. The summed E-state index contributed by atoms with van der Waals surface area (Å²) >= 11 is 5.56. The number of pyridine rings is 1. The van der Waals surface area contributed by atoms with Gasteiger partial charge in [0.15, 0.2) is 0 Å². The number of benzene rings is 1. The van der Waals surface area contributed by atoms with Gasteiger partial charge in [-0.1, -0.05) is 11.6 Å². The number of nitrogens with one attached hydrogen (secondary N) is 2. The number of anilines is 1. The van der Waals surface area contributed by atoms with Crippen LogP contribution in [0.2, 0.25) is 5.15 Å². The molecule has 1 heterocycles. The number of halogens is 1.